The zero-order chi connectivity index (χ0) is 18.9. The van der Waals surface area contributed by atoms with Crippen molar-refractivity contribution in [2.24, 2.45) is 23.2 Å². The molecule has 5 heteroatoms. The van der Waals surface area contributed by atoms with E-state index in [1.165, 1.54) is 36.7 Å². The molecule has 2 aliphatic rings. The van der Waals surface area contributed by atoms with E-state index in [1.54, 1.807) is 25.4 Å². The molecule has 0 saturated heterocycles. The third kappa shape index (κ3) is 3.81. The molecule has 0 radical (unpaired) electrons. The Kier molecular flexibility index (Phi) is 5.44. The number of carbonyl (C=O) groups is 1. The maximum absolute atomic E-state index is 12.7. The van der Waals surface area contributed by atoms with E-state index in [-0.39, 0.29) is 24.1 Å². The van der Waals surface area contributed by atoms with E-state index >= 15 is 0 Å². The zero-order valence-electron chi connectivity index (χ0n) is 16.5. The first-order valence-corrected chi connectivity index (χ1v) is 10.0. The smallest absolute Gasteiger partial charge is 0.274 e. The van der Waals surface area contributed by atoms with Crippen LogP contribution in [-0.4, -0.2) is 23.6 Å². The second-order valence-electron chi connectivity index (χ2n) is 8.85. The molecule has 1 aromatic heterocycles. The predicted octanol–water partition coefficient (Wildman–Crippen LogP) is 3.25. The van der Waals surface area contributed by atoms with Crippen molar-refractivity contribution in [3.05, 3.63) is 28.7 Å². The Labute approximate surface area is 156 Å². The molecule has 26 heavy (non-hydrogen) atoms. The van der Waals surface area contributed by atoms with Crippen LogP contribution >= 0.6 is 0 Å². The van der Waals surface area contributed by atoms with Gasteiger partial charge < -0.3 is 15.2 Å². The Hall–Kier alpha value is -1.78. The average Bonchev–Trinajstić information content (AvgIpc) is 2.60. The number of fused-ring (bicyclic) bond motifs is 2. The van der Waals surface area contributed by atoms with Crippen molar-refractivity contribution in [3.8, 4) is 0 Å². The lowest BCUT2D eigenvalue weighted by molar-refractivity contribution is -0.124. The molecule has 2 N–H and O–H groups in total. The van der Waals surface area contributed by atoms with Crippen molar-refractivity contribution < 1.29 is 4.79 Å². The van der Waals surface area contributed by atoms with Gasteiger partial charge in [0, 0.05) is 19.3 Å². The Morgan fingerprint density at radius 2 is 2.12 bits per heavy atom. The van der Waals surface area contributed by atoms with Crippen LogP contribution in [0.5, 0.6) is 0 Å². The quantitative estimate of drug-likeness (QED) is 0.848. The number of pyridine rings is 1. The van der Waals surface area contributed by atoms with Crippen LogP contribution in [0, 0.1) is 23.2 Å². The standard InChI is InChI=1S/C21H33N3O2/c1-5-21(3)11-15-9-14(2)19(16(10-15)12-21)23-18(25)13-24-8-6-7-17(22-4)20(24)26/h6-8,14-16,19,22H,5,9-13H2,1-4H3,(H,23,25). The number of anilines is 1. The first kappa shape index (κ1) is 19.0. The third-order valence-corrected chi connectivity index (χ3v) is 6.78. The molecule has 2 aliphatic carbocycles. The lowest BCUT2D eigenvalue weighted by Gasteiger charge is -2.51. The number of aromatic nitrogens is 1. The van der Waals surface area contributed by atoms with Crippen LogP contribution in [0.4, 0.5) is 5.69 Å². The van der Waals surface area contributed by atoms with Gasteiger partial charge in [0.2, 0.25) is 5.91 Å². The Bertz CT molecular complexity index is 711. The van der Waals surface area contributed by atoms with Gasteiger partial charge in [0.05, 0.1) is 0 Å². The minimum absolute atomic E-state index is 0.0561. The third-order valence-electron chi connectivity index (χ3n) is 6.78. The fraction of sp³-hybridized carbons (Fsp3) is 0.714. The molecule has 1 heterocycles. The molecule has 5 nitrogen and oxygen atoms in total. The van der Waals surface area contributed by atoms with Crippen LogP contribution in [0.1, 0.15) is 52.9 Å². The highest BCUT2D eigenvalue weighted by molar-refractivity contribution is 5.76. The van der Waals surface area contributed by atoms with Gasteiger partial charge in [-0.3, -0.25) is 9.59 Å². The molecule has 1 amide bonds. The minimum atomic E-state index is -0.155. The van der Waals surface area contributed by atoms with E-state index in [4.69, 9.17) is 0 Å². The van der Waals surface area contributed by atoms with Gasteiger partial charge >= 0.3 is 0 Å². The van der Waals surface area contributed by atoms with Crippen LogP contribution < -0.4 is 16.2 Å². The van der Waals surface area contributed by atoms with Crippen LogP contribution in [0.3, 0.4) is 0 Å². The Morgan fingerprint density at radius 1 is 1.35 bits per heavy atom. The summed E-state index contributed by atoms with van der Waals surface area (Å²) < 4.78 is 1.48. The molecule has 1 aromatic rings. The summed E-state index contributed by atoms with van der Waals surface area (Å²) >= 11 is 0. The van der Waals surface area contributed by atoms with E-state index in [0.29, 0.717) is 22.9 Å². The van der Waals surface area contributed by atoms with Gasteiger partial charge in [-0.15, -0.1) is 0 Å². The summed E-state index contributed by atoms with van der Waals surface area (Å²) in [6, 6.07) is 3.75. The van der Waals surface area contributed by atoms with Crippen molar-refractivity contribution in [1.82, 2.24) is 9.88 Å². The molecular formula is C21H33N3O2. The van der Waals surface area contributed by atoms with Crippen LogP contribution in [-0.2, 0) is 11.3 Å². The summed E-state index contributed by atoms with van der Waals surface area (Å²) in [6.07, 6.45) is 7.85. The molecule has 0 aromatic carbocycles. The van der Waals surface area contributed by atoms with Gasteiger partial charge in [0.25, 0.3) is 5.56 Å². The number of rotatable bonds is 5. The number of hydrogen-bond donors (Lipinski definition) is 2. The molecule has 2 fully saturated rings. The van der Waals surface area contributed by atoms with Crippen molar-refractivity contribution in [3.63, 3.8) is 0 Å². The highest BCUT2D eigenvalue weighted by atomic mass is 16.2. The zero-order valence-corrected chi connectivity index (χ0v) is 16.5. The molecule has 5 unspecified atom stereocenters. The fourth-order valence-electron chi connectivity index (χ4n) is 5.38. The van der Waals surface area contributed by atoms with E-state index < -0.39 is 0 Å². The van der Waals surface area contributed by atoms with Crippen molar-refractivity contribution in [2.75, 3.05) is 12.4 Å². The number of amides is 1. The Morgan fingerprint density at radius 3 is 2.81 bits per heavy atom. The first-order valence-electron chi connectivity index (χ1n) is 10.0. The molecule has 0 aliphatic heterocycles. The largest absolute Gasteiger partial charge is 0.384 e. The van der Waals surface area contributed by atoms with Crippen LogP contribution in [0.15, 0.2) is 23.1 Å². The summed E-state index contributed by atoms with van der Waals surface area (Å²) in [5, 5.41) is 6.16. The molecule has 2 saturated carbocycles. The molecule has 0 spiro atoms. The van der Waals surface area contributed by atoms with Gasteiger partial charge in [-0.25, -0.2) is 0 Å². The molecule has 3 rings (SSSR count). The monoisotopic (exact) mass is 359 g/mol. The normalized spacial score (nSPS) is 33.5. The van der Waals surface area contributed by atoms with E-state index in [1.807, 2.05) is 0 Å². The predicted molar refractivity (Wildman–Crippen MR) is 105 cm³/mol. The topological polar surface area (TPSA) is 63.1 Å². The van der Waals surface area contributed by atoms with Crippen LogP contribution in [0.25, 0.3) is 0 Å². The van der Waals surface area contributed by atoms with Gasteiger partial charge in [-0.05, 0) is 61.0 Å². The molecule has 5 atom stereocenters. The molecule has 2 bridgehead atoms. The highest BCUT2D eigenvalue weighted by Crippen LogP contribution is 2.51. The summed E-state index contributed by atoms with van der Waals surface area (Å²) in [7, 11) is 1.72. The number of nitrogens with one attached hydrogen (secondary N) is 2. The maximum Gasteiger partial charge on any atom is 0.274 e. The minimum Gasteiger partial charge on any atom is -0.384 e. The van der Waals surface area contributed by atoms with Crippen molar-refractivity contribution >= 4 is 11.6 Å². The van der Waals surface area contributed by atoms with Gasteiger partial charge in [-0.2, -0.15) is 0 Å². The maximum atomic E-state index is 12.7. The lowest BCUT2D eigenvalue weighted by atomic mass is 9.57. The average molecular weight is 360 g/mol. The summed E-state index contributed by atoms with van der Waals surface area (Å²) in [5.41, 5.74) is 0.771. The number of carbonyl (C=O) groups excluding carboxylic acids is 1. The second kappa shape index (κ2) is 7.45. The number of hydrogen-bond acceptors (Lipinski definition) is 3. The lowest BCUT2D eigenvalue weighted by Crippen LogP contribution is -2.53. The van der Waals surface area contributed by atoms with E-state index in [2.05, 4.69) is 31.4 Å². The van der Waals surface area contributed by atoms with Crippen molar-refractivity contribution in [2.45, 2.75) is 65.5 Å². The van der Waals surface area contributed by atoms with Crippen molar-refractivity contribution in [1.29, 1.82) is 0 Å². The second-order valence-corrected chi connectivity index (χ2v) is 8.85. The van der Waals surface area contributed by atoms with Gasteiger partial charge in [-0.1, -0.05) is 27.2 Å². The number of nitrogens with zero attached hydrogens (tertiary/aromatic N) is 1. The highest BCUT2D eigenvalue weighted by Gasteiger charge is 2.45. The molecule has 144 valence electrons. The van der Waals surface area contributed by atoms with E-state index in [9.17, 15) is 9.59 Å². The van der Waals surface area contributed by atoms with Crippen LogP contribution in [0.2, 0.25) is 0 Å². The summed E-state index contributed by atoms with van der Waals surface area (Å²) in [5.74, 6) is 1.81. The van der Waals surface area contributed by atoms with E-state index in [0.717, 1.165) is 5.92 Å². The summed E-state index contributed by atoms with van der Waals surface area (Å²) in [4.78, 5) is 25.0. The summed E-state index contributed by atoms with van der Waals surface area (Å²) in [6.45, 7) is 7.05. The van der Waals surface area contributed by atoms with Gasteiger partial charge in [0.1, 0.15) is 12.2 Å². The first-order chi connectivity index (χ1) is 12.3. The fourth-order valence-corrected chi connectivity index (χ4v) is 5.38. The van der Waals surface area contributed by atoms with Gasteiger partial charge in [0.15, 0.2) is 0 Å². The Balaban J connectivity index is 1.69. The SMILES string of the molecule is CCC1(C)CC2CC(C)C(NC(=O)Cn3cccc(NC)c3=O)C(C2)C1. The molecular weight excluding hydrogens is 326 g/mol.